The highest BCUT2D eigenvalue weighted by Crippen LogP contribution is 2.30. The van der Waals surface area contributed by atoms with Gasteiger partial charge in [-0.25, -0.2) is 13.1 Å². The third-order valence-corrected chi connectivity index (χ3v) is 6.52. The van der Waals surface area contributed by atoms with E-state index in [1.54, 1.807) is 12.1 Å². The van der Waals surface area contributed by atoms with Gasteiger partial charge in [-0.1, -0.05) is 36.9 Å². The van der Waals surface area contributed by atoms with E-state index >= 15 is 0 Å². The Bertz CT molecular complexity index is 590. The van der Waals surface area contributed by atoms with E-state index in [1.165, 1.54) is 12.5 Å². The Morgan fingerprint density at radius 3 is 2.52 bits per heavy atom. The number of sulfonamides is 1. The van der Waals surface area contributed by atoms with Crippen molar-refractivity contribution in [3.63, 3.8) is 0 Å². The zero-order valence-corrected chi connectivity index (χ0v) is 15.4. The molecule has 1 fully saturated rings. The van der Waals surface area contributed by atoms with Gasteiger partial charge in [0.1, 0.15) is 4.90 Å². The van der Waals surface area contributed by atoms with Crippen LogP contribution < -0.4 is 10.5 Å². The molecule has 2 rings (SSSR count). The summed E-state index contributed by atoms with van der Waals surface area (Å²) in [5.74, 6) is 0. The van der Waals surface area contributed by atoms with Gasteiger partial charge in [0.2, 0.25) is 10.0 Å². The molecule has 0 amide bonds. The fraction of sp³-hybridized carbons (Fsp3) is 0.538. The molecule has 120 valence electrons. The SMILES string of the molecule is Cl.NC1(CNS(=O)(=O)c2cccc(Br)c2Cl)CCCCC1. The number of halogens is 3. The van der Waals surface area contributed by atoms with Crippen LogP contribution in [-0.4, -0.2) is 20.5 Å². The fourth-order valence-electron chi connectivity index (χ4n) is 2.44. The van der Waals surface area contributed by atoms with Crippen molar-refractivity contribution in [2.24, 2.45) is 5.73 Å². The highest BCUT2D eigenvalue weighted by molar-refractivity contribution is 9.10. The number of benzene rings is 1. The lowest BCUT2D eigenvalue weighted by molar-refractivity contribution is 0.296. The average Bonchev–Trinajstić information content (AvgIpc) is 2.41. The Morgan fingerprint density at radius 2 is 1.90 bits per heavy atom. The summed E-state index contributed by atoms with van der Waals surface area (Å²) in [6.45, 7) is 0.248. The number of nitrogens with two attached hydrogens (primary N) is 1. The Kier molecular flexibility index (Phi) is 6.96. The summed E-state index contributed by atoms with van der Waals surface area (Å²) in [6.07, 6.45) is 4.97. The van der Waals surface area contributed by atoms with Crippen LogP contribution >= 0.6 is 39.9 Å². The maximum Gasteiger partial charge on any atom is 0.242 e. The van der Waals surface area contributed by atoms with E-state index in [9.17, 15) is 8.42 Å². The third-order valence-electron chi connectivity index (χ3n) is 3.67. The Hall–Kier alpha value is 0.150. The molecule has 1 aromatic carbocycles. The molecule has 4 nitrogen and oxygen atoms in total. The van der Waals surface area contributed by atoms with Crippen LogP contribution in [0.2, 0.25) is 5.02 Å². The second-order valence-corrected chi connectivity index (χ2v) is 8.27. The number of hydrogen-bond acceptors (Lipinski definition) is 3. The van der Waals surface area contributed by atoms with Crippen LogP contribution in [0.4, 0.5) is 0 Å². The highest BCUT2D eigenvalue weighted by atomic mass is 79.9. The maximum atomic E-state index is 12.3. The molecule has 0 radical (unpaired) electrons. The molecule has 1 aromatic rings. The predicted octanol–water partition coefficient (Wildman–Crippen LogP) is 3.46. The van der Waals surface area contributed by atoms with E-state index in [2.05, 4.69) is 20.7 Å². The van der Waals surface area contributed by atoms with E-state index < -0.39 is 15.6 Å². The molecule has 0 atom stereocenters. The van der Waals surface area contributed by atoms with Crippen LogP contribution in [0.5, 0.6) is 0 Å². The maximum absolute atomic E-state index is 12.3. The molecular formula is C13H19BrCl2N2O2S. The summed E-state index contributed by atoms with van der Waals surface area (Å²) in [5.41, 5.74) is 5.80. The fourth-order valence-corrected chi connectivity index (χ4v) is 4.61. The van der Waals surface area contributed by atoms with Gasteiger partial charge in [-0.3, -0.25) is 0 Å². The van der Waals surface area contributed by atoms with Crippen molar-refractivity contribution < 1.29 is 8.42 Å². The first kappa shape index (κ1) is 19.2. The molecule has 0 unspecified atom stereocenters. The van der Waals surface area contributed by atoms with E-state index in [-0.39, 0.29) is 28.9 Å². The zero-order chi connectivity index (χ0) is 14.8. The average molecular weight is 418 g/mol. The molecule has 8 heteroatoms. The minimum atomic E-state index is -3.64. The third kappa shape index (κ3) is 4.81. The summed E-state index contributed by atoms with van der Waals surface area (Å²) in [5, 5.41) is 0.190. The molecule has 1 saturated carbocycles. The van der Waals surface area contributed by atoms with Crippen LogP contribution in [0, 0.1) is 0 Å². The van der Waals surface area contributed by atoms with Crippen molar-refractivity contribution in [2.75, 3.05) is 6.54 Å². The Labute approximate surface area is 145 Å². The normalized spacial score (nSPS) is 18.0. The monoisotopic (exact) mass is 416 g/mol. The van der Waals surface area contributed by atoms with Gasteiger partial charge >= 0.3 is 0 Å². The van der Waals surface area contributed by atoms with Gasteiger partial charge < -0.3 is 5.73 Å². The number of rotatable bonds is 4. The molecule has 1 aliphatic carbocycles. The zero-order valence-electron chi connectivity index (χ0n) is 11.4. The summed E-state index contributed by atoms with van der Waals surface area (Å²) in [6, 6.07) is 4.83. The van der Waals surface area contributed by atoms with Crippen LogP contribution in [0.3, 0.4) is 0 Å². The van der Waals surface area contributed by atoms with Crippen molar-refractivity contribution in [3.8, 4) is 0 Å². The first-order chi connectivity index (χ1) is 9.34. The highest BCUT2D eigenvalue weighted by Gasteiger charge is 2.30. The van der Waals surface area contributed by atoms with Crippen LogP contribution in [-0.2, 0) is 10.0 Å². The summed E-state index contributed by atoms with van der Waals surface area (Å²) < 4.78 is 27.8. The van der Waals surface area contributed by atoms with Gasteiger partial charge in [-0.15, -0.1) is 12.4 Å². The van der Waals surface area contributed by atoms with Crippen molar-refractivity contribution in [2.45, 2.75) is 42.5 Å². The Balaban J connectivity index is 0.00000220. The molecule has 0 heterocycles. The van der Waals surface area contributed by atoms with Gasteiger partial charge in [0.05, 0.1) is 5.02 Å². The van der Waals surface area contributed by atoms with E-state index in [0.29, 0.717) is 4.47 Å². The first-order valence-electron chi connectivity index (χ1n) is 6.57. The van der Waals surface area contributed by atoms with Crippen LogP contribution in [0.25, 0.3) is 0 Å². The van der Waals surface area contributed by atoms with Crippen molar-refractivity contribution in [1.29, 1.82) is 0 Å². The van der Waals surface area contributed by atoms with Gasteiger partial charge in [-0.05, 0) is 40.9 Å². The van der Waals surface area contributed by atoms with Crippen molar-refractivity contribution >= 4 is 50.0 Å². The minimum Gasteiger partial charge on any atom is -0.324 e. The first-order valence-corrected chi connectivity index (χ1v) is 9.22. The smallest absolute Gasteiger partial charge is 0.242 e. The van der Waals surface area contributed by atoms with E-state index in [4.69, 9.17) is 17.3 Å². The summed E-state index contributed by atoms with van der Waals surface area (Å²) in [4.78, 5) is 0.0768. The lowest BCUT2D eigenvalue weighted by atomic mass is 9.83. The predicted molar refractivity (Wildman–Crippen MR) is 91.6 cm³/mol. The molecule has 21 heavy (non-hydrogen) atoms. The van der Waals surface area contributed by atoms with Gasteiger partial charge in [0.15, 0.2) is 0 Å². The van der Waals surface area contributed by atoms with Crippen molar-refractivity contribution in [1.82, 2.24) is 4.72 Å². The lowest BCUT2D eigenvalue weighted by Crippen LogP contribution is -2.51. The topological polar surface area (TPSA) is 72.2 Å². The minimum absolute atomic E-state index is 0. The van der Waals surface area contributed by atoms with E-state index in [1.807, 2.05) is 0 Å². The largest absolute Gasteiger partial charge is 0.324 e. The summed E-state index contributed by atoms with van der Waals surface area (Å²) in [7, 11) is -3.64. The molecule has 0 spiro atoms. The molecule has 3 N–H and O–H groups in total. The number of nitrogens with one attached hydrogen (secondary N) is 1. The van der Waals surface area contributed by atoms with Crippen LogP contribution in [0.15, 0.2) is 27.6 Å². The van der Waals surface area contributed by atoms with Gasteiger partial charge in [-0.2, -0.15) is 0 Å². The lowest BCUT2D eigenvalue weighted by Gasteiger charge is -2.33. The Morgan fingerprint density at radius 1 is 1.29 bits per heavy atom. The second kappa shape index (κ2) is 7.62. The molecule has 1 aliphatic rings. The van der Waals surface area contributed by atoms with Gasteiger partial charge in [0.25, 0.3) is 0 Å². The van der Waals surface area contributed by atoms with Gasteiger partial charge in [0, 0.05) is 16.6 Å². The number of hydrogen-bond donors (Lipinski definition) is 2. The summed E-state index contributed by atoms with van der Waals surface area (Å²) >= 11 is 9.26. The standard InChI is InChI=1S/C13H18BrClN2O2S.ClH/c14-10-5-4-6-11(12(10)15)20(18,19)17-9-13(16)7-2-1-3-8-13;/h4-6,17H,1-3,7-9,16H2;1H. The molecular weight excluding hydrogens is 399 g/mol. The second-order valence-electron chi connectivity index (χ2n) is 5.30. The van der Waals surface area contributed by atoms with Crippen molar-refractivity contribution in [3.05, 3.63) is 27.7 Å². The van der Waals surface area contributed by atoms with Crippen LogP contribution in [0.1, 0.15) is 32.1 Å². The molecule has 0 aliphatic heterocycles. The molecule has 0 aromatic heterocycles. The molecule has 0 saturated heterocycles. The van der Waals surface area contributed by atoms with E-state index in [0.717, 1.165) is 25.7 Å². The quantitative estimate of drug-likeness (QED) is 0.787. The molecule has 0 bridgehead atoms.